The Hall–Kier alpha value is -1.55. The van der Waals surface area contributed by atoms with Crippen LogP contribution in [0.25, 0.3) is 0 Å². The topological polar surface area (TPSA) is 34.1 Å². The molecule has 2 aromatic rings. The third kappa shape index (κ3) is 3.96. The van der Waals surface area contributed by atoms with Gasteiger partial charge in [-0.15, -0.1) is 0 Å². The van der Waals surface area contributed by atoms with Crippen molar-refractivity contribution in [3.8, 4) is 5.75 Å². The molecule has 1 N–H and O–H groups in total. The van der Waals surface area contributed by atoms with E-state index in [0.717, 1.165) is 22.6 Å². The lowest BCUT2D eigenvalue weighted by Gasteiger charge is -2.08. The Morgan fingerprint density at radius 2 is 2.00 bits per heavy atom. The average Bonchev–Trinajstić information content (AvgIpc) is 2.42. The molecule has 0 radical (unpaired) electrons. The maximum absolute atomic E-state index is 5.41. The summed E-state index contributed by atoms with van der Waals surface area (Å²) in [6, 6.07) is 10.1. The molecular formula is C15H17BrN2O. The summed E-state index contributed by atoms with van der Waals surface area (Å²) in [5, 5.41) is 3.31. The molecule has 0 saturated heterocycles. The van der Waals surface area contributed by atoms with Crippen molar-refractivity contribution in [3.63, 3.8) is 0 Å². The molecular weight excluding hydrogens is 304 g/mol. The molecule has 0 unspecified atom stereocenters. The molecule has 0 aliphatic rings. The smallest absolute Gasteiger partial charge is 0.126 e. The van der Waals surface area contributed by atoms with Gasteiger partial charge in [-0.2, -0.15) is 0 Å². The van der Waals surface area contributed by atoms with Crippen LogP contribution in [0.2, 0.25) is 0 Å². The number of aromatic nitrogens is 1. The van der Waals surface area contributed by atoms with Crippen LogP contribution in [0.15, 0.2) is 41.0 Å². The first kappa shape index (κ1) is 13.9. The first-order valence-electron chi connectivity index (χ1n) is 6.27. The predicted octanol–water partition coefficient (Wildman–Crippen LogP) is 4.16. The van der Waals surface area contributed by atoms with Gasteiger partial charge < -0.3 is 10.1 Å². The van der Waals surface area contributed by atoms with Crippen LogP contribution < -0.4 is 10.1 Å². The lowest BCUT2D eigenvalue weighted by Crippen LogP contribution is -2.01. The fourth-order valence-corrected chi connectivity index (χ4v) is 1.92. The first-order chi connectivity index (χ1) is 9.19. The number of halogens is 1. The number of anilines is 1. The van der Waals surface area contributed by atoms with E-state index in [0.29, 0.717) is 6.61 Å². The van der Waals surface area contributed by atoms with Crippen molar-refractivity contribution >= 4 is 21.7 Å². The Kier molecular flexibility index (Phi) is 4.80. The normalized spacial score (nSPS) is 10.3. The molecule has 0 spiro atoms. The van der Waals surface area contributed by atoms with E-state index in [2.05, 4.69) is 38.4 Å². The van der Waals surface area contributed by atoms with Crippen LogP contribution in [0.3, 0.4) is 0 Å². The highest BCUT2D eigenvalue weighted by Gasteiger charge is 1.99. The fraction of sp³-hybridized carbons (Fsp3) is 0.267. The summed E-state index contributed by atoms with van der Waals surface area (Å²) < 4.78 is 6.44. The number of nitrogens with zero attached hydrogens (tertiary/aromatic N) is 1. The SMILES string of the molecule is CCOc1ccc(CNc2cc(C)c(Br)cn2)cc1. The summed E-state index contributed by atoms with van der Waals surface area (Å²) >= 11 is 3.44. The van der Waals surface area contributed by atoms with Gasteiger partial charge in [-0.1, -0.05) is 12.1 Å². The molecule has 1 aromatic carbocycles. The van der Waals surface area contributed by atoms with Crippen LogP contribution in [-0.2, 0) is 6.54 Å². The Labute approximate surface area is 122 Å². The van der Waals surface area contributed by atoms with Crippen molar-refractivity contribution in [2.24, 2.45) is 0 Å². The molecule has 3 nitrogen and oxygen atoms in total. The van der Waals surface area contributed by atoms with E-state index >= 15 is 0 Å². The Balaban J connectivity index is 1.96. The molecule has 100 valence electrons. The molecule has 0 aliphatic carbocycles. The van der Waals surface area contributed by atoms with Gasteiger partial charge in [0.15, 0.2) is 0 Å². The van der Waals surface area contributed by atoms with Crippen molar-refractivity contribution in [2.45, 2.75) is 20.4 Å². The monoisotopic (exact) mass is 320 g/mol. The van der Waals surface area contributed by atoms with Gasteiger partial charge >= 0.3 is 0 Å². The lowest BCUT2D eigenvalue weighted by molar-refractivity contribution is 0.340. The van der Waals surface area contributed by atoms with E-state index < -0.39 is 0 Å². The molecule has 0 aliphatic heterocycles. The van der Waals surface area contributed by atoms with Gasteiger partial charge in [-0.05, 0) is 59.1 Å². The minimum atomic E-state index is 0.694. The molecule has 1 heterocycles. The number of hydrogen-bond acceptors (Lipinski definition) is 3. The molecule has 0 saturated carbocycles. The van der Waals surface area contributed by atoms with Crippen LogP contribution in [0.1, 0.15) is 18.1 Å². The van der Waals surface area contributed by atoms with Crippen LogP contribution in [0.4, 0.5) is 5.82 Å². The van der Waals surface area contributed by atoms with Crippen LogP contribution in [0.5, 0.6) is 5.75 Å². The summed E-state index contributed by atoms with van der Waals surface area (Å²) in [5.41, 5.74) is 2.37. The molecule has 2 rings (SSSR count). The van der Waals surface area contributed by atoms with Gasteiger partial charge in [-0.25, -0.2) is 4.98 Å². The van der Waals surface area contributed by atoms with E-state index in [-0.39, 0.29) is 0 Å². The average molecular weight is 321 g/mol. The van der Waals surface area contributed by atoms with Gasteiger partial charge in [0.05, 0.1) is 6.61 Å². The van der Waals surface area contributed by atoms with Crippen molar-refractivity contribution in [3.05, 3.63) is 52.1 Å². The first-order valence-corrected chi connectivity index (χ1v) is 7.06. The Morgan fingerprint density at radius 1 is 1.26 bits per heavy atom. The summed E-state index contributed by atoms with van der Waals surface area (Å²) in [6.07, 6.45) is 1.82. The molecule has 4 heteroatoms. The predicted molar refractivity (Wildman–Crippen MR) is 81.6 cm³/mol. The molecule has 0 fully saturated rings. The van der Waals surface area contributed by atoms with Gasteiger partial charge in [0, 0.05) is 17.2 Å². The lowest BCUT2D eigenvalue weighted by atomic mass is 10.2. The second-order valence-electron chi connectivity index (χ2n) is 4.25. The summed E-state index contributed by atoms with van der Waals surface area (Å²) in [5.74, 6) is 1.79. The van der Waals surface area contributed by atoms with E-state index in [4.69, 9.17) is 4.74 Å². The highest BCUT2D eigenvalue weighted by Crippen LogP contribution is 2.18. The zero-order chi connectivity index (χ0) is 13.7. The Bertz CT molecular complexity index is 540. The van der Waals surface area contributed by atoms with E-state index in [9.17, 15) is 0 Å². The van der Waals surface area contributed by atoms with Gasteiger partial charge in [0.25, 0.3) is 0 Å². The molecule has 0 bridgehead atoms. The largest absolute Gasteiger partial charge is 0.494 e. The third-order valence-corrected chi connectivity index (χ3v) is 3.59. The molecule has 0 amide bonds. The number of hydrogen-bond donors (Lipinski definition) is 1. The molecule has 1 aromatic heterocycles. The van der Waals surface area contributed by atoms with E-state index in [1.54, 1.807) is 0 Å². The Morgan fingerprint density at radius 3 is 2.63 bits per heavy atom. The second-order valence-corrected chi connectivity index (χ2v) is 5.10. The highest BCUT2D eigenvalue weighted by molar-refractivity contribution is 9.10. The van der Waals surface area contributed by atoms with Gasteiger partial charge in [0.1, 0.15) is 11.6 Å². The number of rotatable bonds is 5. The summed E-state index contributed by atoms with van der Waals surface area (Å²) in [6.45, 7) is 5.48. The van der Waals surface area contributed by atoms with Gasteiger partial charge in [0.2, 0.25) is 0 Å². The van der Waals surface area contributed by atoms with Crippen molar-refractivity contribution in [1.29, 1.82) is 0 Å². The van der Waals surface area contributed by atoms with E-state index in [1.165, 1.54) is 11.1 Å². The maximum Gasteiger partial charge on any atom is 0.126 e. The molecule has 0 atom stereocenters. The fourth-order valence-electron chi connectivity index (χ4n) is 1.70. The molecule has 19 heavy (non-hydrogen) atoms. The van der Waals surface area contributed by atoms with Crippen LogP contribution in [-0.4, -0.2) is 11.6 Å². The second kappa shape index (κ2) is 6.57. The van der Waals surface area contributed by atoms with Crippen molar-refractivity contribution in [2.75, 3.05) is 11.9 Å². The highest BCUT2D eigenvalue weighted by atomic mass is 79.9. The number of pyridine rings is 1. The van der Waals surface area contributed by atoms with Gasteiger partial charge in [-0.3, -0.25) is 0 Å². The number of benzene rings is 1. The minimum Gasteiger partial charge on any atom is -0.494 e. The van der Waals surface area contributed by atoms with Crippen molar-refractivity contribution in [1.82, 2.24) is 4.98 Å². The number of nitrogens with one attached hydrogen (secondary N) is 1. The van der Waals surface area contributed by atoms with E-state index in [1.807, 2.05) is 38.2 Å². The van der Waals surface area contributed by atoms with Crippen molar-refractivity contribution < 1.29 is 4.74 Å². The van der Waals surface area contributed by atoms with Crippen LogP contribution in [0, 0.1) is 6.92 Å². The summed E-state index contributed by atoms with van der Waals surface area (Å²) in [4.78, 5) is 4.32. The standard InChI is InChI=1S/C15H17BrN2O/c1-3-19-13-6-4-12(5-7-13)9-17-15-8-11(2)14(16)10-18-15/h4-8,10H,3,9H2,1-2H3,(H,17,18). The number of ether oxygens (including phenoxy) is 1. The zero-order valence-corrected chi connectivity index (χ0v) is 12.7. The zero-order valence-electron chi connectivity index (χ0n) is 11.1. The maximum atomic E-state index is 5.41. The number of aryl methyl sites for hydroxylation is 1. The summed E-state index contributed by atoms with van der Waals surface area (Å²) in [7, 11) is 0. The quantitative estimate of drug-likeness (QED) is 0.898. The van der Waals surface area contributed by atoms with Crippen LogP contribution >= 0.6 is 15.9 Å². The minimum absolute atomic E-state index is 0.694. The third-order valence-electron chi connectivity index (χ3n) is 2.75.